The minimum atomic E-state index is -0.418. The van der Waals surface area contributed by atoms with Crippen molar-refractivity contribution >= 4 is 39.0 Å². The number of esters is 1. The Kier molecular flexibility index (Phi) is 5.10. The Labute approximate surface area is 164 Å². The molecule has 0 bridgehead atoms. The van der Waals surface area contributed by atoms with Gasteiger partial charge < -0.3 is 19.5 Å². The van der Waals surface area contributed by atoms with Gasteiger partial charge in [0.15, 0.2) is 0 Å². The lowest BCUT2D eigenvalue weighted by molar-refractivity contribution is 0.0605. The summed E-state index contributed by atoms with van der Waals surface area (Å²) in [6.07, 6.45) is 2.04. The van der Waals surface area contributed by atoms with Gasteiger partial charge in [-0.25, -0.2) is 19.2 Å². The molecule has 3 heterocycles. The number of hydrogen-bond donors (Lipinski definition) is 1. The van der Waals surface area contributed by atoms with Crippen LogP contribution in [-0.4, -0.2) is 42.4 Å². The normalized spacial score (nSPS) is 16.3. The molecule has 1 aliphatic rings. The molecule has 28 heavy (non-hydrogen) atoms. The molecule has 0 aliphatic carbocycles. The van der Waals surface area contributed by atoms with E-state index >= 15 is 0 Å². The van der Waals surface area contributed by atoms with E-state index in [9.17, 15) is 9.18 Å². The summed E-state index contributed by atoms with van der Waals surface area (Å²) in [5, 5.41) is 3.91. The number of aromatic nitrogens is 2. The van der Waals surface area contributed by atoms with Crippen LogP contribution in [0.25, 0.3) is 10.2 Å². The second-order valence-electron chi connectivity index (χ2n) is 6.32. The summed E-state index contributed by atoms with van der Waals surface area (Å²) >= 11 is 1.24. The summed E-state index contributed by atoms with van der Waals surface area (Å²) in [7, 11) is 1.34. The zero-order valence-corrected chi connectivity index (χ0v) is 16.1. The first kappa shape index (κ1) is 18.6. The van der Waals surface area contributed by atoms with Crippen LogP contribution in [0.4, 0.5) is 15.9 Å². The molecule has 1 fully saturated rings. The molecule has 0 amide bonds. The molecule has 7 nitrogen and oxygen atoms in total. The first-order valence-corrected chi connectivity index (χ1v) is 9.52. The monoisotopic (exact) mass is 403 g/mol. The molecule has 0 radical (unpaired) electrons. The highest BCUT2D eigenvalue weighted by molar-refractivity contribution is 7.20. The molecule has 0 spiro atoms. The number of anilines is 2. The Hall–Kier alpha value is -2.78. The van der Waals surface area contributed by atoms with Gasteiger partial charge in [0.25, 0.3) is 0 Å². The molecular formula is C19H18FN3O4S. The molecule has 9 heteroatoms. The Morgan fingerprint density at radius 2 is 2.25 bits per heavy atom. The summed E-state index contributed by atoms with van der Waals surface area (Å²) < 4.78 is 29.9. The number of hydrogen-bond acceptors (Lipinski definition) is 8. The highest BCUT2D eigenvalue weighted by Gasteiger charge is 2.22. The number of nitrogens with zero attached hydrogens (tertiary/aromatic N) is 2. The van der Waals surface area contributed by atoms with Crippen molar-refractivity contribution in [1.82, 2.24) is 9.97 Å². The second kappa shape index (κ2) is 7.69. The maximum absolute atomic E-state index is 13.8. The van der Waals surface area contributed by atoms with Crippen LogP contribution in [0.3, 0.4) is 0 Å². The van der Waals surface area contributed by atoms with Crippen molar-refractivity contribution in [2.45, 2.75) is 19.4 Å². The number of thiophene rings is 1. The zero-order valence-electron chi connectivity index (χ0n) is 15.3. The smallest absolute Gasteiger partial charge is 0.348 e. The quantitative estimate of drug-likeness (QED) is 0.648. The number of aryl methyl sites for hydroxylation is 1. The lowest BCUT2D eigenvalue weighted by Crippen LogP contribution is -2.16. The molecule has 1 saturated heterocycles. The summed E-state index contributed by atoms with van der Waals surface area (Å²) in [6, 6.07) is 4.27. The number of benzene rings is 1. The molecule has 1 aromatic carbocycles. The average molecular weight is 403 g/mol. The summed E-state index contributed by atoms with van der Waals surface area (Å²) in [5.74, 6) is 0.0712. The van der Waals surface area contributed by atoms with Gasteiger partial charge in [0, 0.05) is 12.5 Å². The fourth-order valence-electron chi connectivity index (χ4n) is 3.06. The first-order valence-electron chi connectivity index (χ1n) is 8.70. The third kappa shape index (κ3) is 3.50. The number of rotatable bonds is 5. The Morgan fingerprint density at radius 3 is 3.00 bits per heavy atom. The Bertz CT molecular complexity index is 1030. The maximum atomic E-state index is 13.8. The van der Waals surface area contributed by atoms with E-state index in [1.807, 2.05) is 6.92 Å². The molecule has 146 valence electrons. The van der Waals surface area contributed by atoms with E-state index in [2.05, 4.69) is 15.3 Å². The number of carbonyl (C=O) groups excluding carboxylic acids is 1. The van der Waals surface area contributed by atoms with Crippen LogP contribution in [0.2, 0.25) is 0 Å². The van der Waals surface area contributed by atoms with E-state index in [0.717, 1.165) is 12.0 Å². The summed E-state index contributed by atoms with van der Waals surface area (Å²) in [5.41, 5.74) is 1.29. The van der Waals surface area contributed by atoms with E-state index in [4.69, 9.17) is 14.2 Å². The number of halogens is 1. The van der Waals surface area contributed by atoms with Crippen LogP contribution in [0, 0.1) is 12.7 Å². The largest absolute Gasteiger partial charge is 0.486 e. The van der Waals surface area contributed by atoms with Crippen molar-refractivity contribution in [3.05, 3.63) is 40.8 Å². The number of nitrogens with one attached hydrogen (secondary N) is 1. The van der Waals surface area contributed by atoms with E-state index < -0.39 is 11.8 Å². The molecule has 4 rings (SSSR count). The predicted octanol–water partition coefficient (Wildman–Crippen LogP) is 3.84. The van der Waals surface area contributed by atoms with Crippen LogP contribution in [-0.2, 0) is 9.47 Å². The fraction of sp³-hybridized carbons (Fsp3) is 0.316. The maximum Gasteiger partial charge on any atom is 0.348 e. The van der Waals surface area contributed by atoms with Crippen molar-refractivity contribution < 1.29 is 23.4 Å². The lowest BCUT2D eigenvalue weighted by atomic mass is 10.2. The standard InChI is InChI=1S/C19H18FN3O4S/c1-10-15-17(21-9-22-18(15)28-16(10)19(24)25-2)23-13-4-3-11(20)7-14(13)27-12-5-6-26-8-12/h3-4,7,9,12H,5-6,8H2,1-2H3,(H,21,22,23). The second-order valence-corrected chi connectivity index (χ2v) is 7.32. The van der Waals surface area contributed by atoms with Gasteiger partial charge in [-0.3, -0.25) is 0 Å². The van der Waals surface area contributed by atoms with Crippen molar-refractivity contribution in [2.24, 2.45) is 0 Å². The van der Waals surface area contributed by atoms with Crippen LogP contribution in [0.5, 0.6) is 5.75 Å². The Balaban J connectivity index is 1.72. The van der Waals surface area contributed by atoms with Crippen LogP contribution in [0.1, 0.15) is 21.7 Å². The summed E-state index contributed by atoms with van der Waals surface area (Å²) in [4.78, 5) is 21.7. The van der Waals surface area contributed by atoms with Crippen LogP contribution < -0.4 is 10.1 Å². The first-order chi connectivity index (χ1) is 13.6. The number of carbonyl (C=O) groups is 1. The molecule has 3 aromatic rings. The van der Waals surface area contributed by atoms with Gasteiger partial charge in [0.2, 0.25) is 0 Å². The fourth-order valence-corrected chi connectivity index (χ4v) is 4.13. The van der Waals surface area contributed by atoms with Crippen molar-refractivity contribution in [2.75, 3.05) is 25.6 Å². The SMILES string of the molecule is COC(=O)c1sc2ncnc(Nc3ccc(F)cc3OC3CCOC3)c2c1C. The number of methoxy groups -OCH3 is 1. The van der Waals surface area contributed by atoms with Gasteiger partial charge in [0.1, 0.15) is 39.5 Å². The predicted molar refractivity (Wildman–Crippen MR) is 103 cm³/mol. The molecule has 2 aromatic heterocycles. The molecular weight excluding hydrogens is 385 g/mol. The van der Waals surface area contributed by atoms with Gasteiger partial charge in [-0.15, -0.1) is 11.3 Å². The number of fused-ring (bicyclic) bond motifs is 1. The highest BCUT2D eigenvalue weighted by atomic mass is 32.1. The minimum absolute atomic E-state index is 0.124. The Morgan fingerprint density at radius 1 is 1.39 bits per heavy atom. The van der Waals surface area contributed by atoms with Crippen molar-refractivity contribution in [1.29, 1.82) is 0 Å². The molecule has 1 N–H and O–H groups in total. The van der Waals surface area contributed by atoms with Crippen LogP contribution >= 0.6 is 11.3 Å². The highest BCUT2D eigenvalue weighted by Crippen LogP contribution is 2.37. The van der Waals surface area contributed by atoms with E-state index in [1.54, 1.807) is 6.07 Å². The van der Waals surface area contributed by atoms with Gasteiger partial charge in [-0.05, 0) is 24.6 Å². The van der Waals surface area contributed by atoms with Crippen molar-refractivity contribution in [3.8, 4) is 5.75 Å². The van der Waals surface area contributed by atoms with E-state index in [1.165, 1.54) is 36.9 Å². The molecule has 0 saturated carbocycles. The number of ether oxygens (including phenoxy) is 3. The van der Waals surface area contributed by atoms with Crippen molar-refractivity contribution in [3.63, 3.8) is 0 Å². The lowest BCUT2D eigenvalue weighted by Gasteiger charge is -2.17. The van der Waals surface area contributed by atoms with E-state index in [-0.39, 0.29) is 6.10 Å². The zero-order chi connectivity index (χ0) is 19.7. The van der Waals surface area contributed by atoms with Gasteiger partial charge in [-0.2, -0.15) is 0 Å². The average Bonchev–Trinajstić information content (AvgIpc) is 3.32. The minimum Gasteiger partial charge on any atom is -0.486 e. The van der Waals surface area contributed by atoms with Gasteiger partial charge >= 0.3 is 5.97 Å². The topological polar surface area (TPSA) is 82.6 Å². The van der Waals surface area contributed by atoms with Gasteiger partial charge in [0.05, 0.1) is 31.4 Å². The molecule has 1 aliphatic heterocycles. The molecule has 1 atom stereocenters. The third-order valence-corrected chi connectivity index (χ3v) is 5.66. The summed E-state index contributed by atoms with van der Waals surface area (Å²) in [6.45, 7) is 2.91. The third-order valence-electron chi connectivity index (χ3n) is 4.48. The van der Waals surface area contributed by atoms with Crippen LogP contribution in [0.15, 0.2) is 24.5 Å². The van der Waals surface area contributed by atoms with E-state index in [0.29, 0.717) is 45.6 Å². The van der Waals surface area contributed by atoms with Gasteiger partial charge in [-0.1, -0.05) is 0 Å². The molecule has 1 unspecified atom stereocenters.